The van der Waals surface area contributed by atoms with Crippen LogP contribution in [-0.2, 0) is 0 Å². The van der Waals surface area contributed by atoms with E-state index in [0.717, 1.165) is 36.1 Å². The highest BCUT2D eigenvalue weighted by molar-refractivity contribution is 7.99. The lowest BCUT2D eigenvalue weighted by atomic mass is 10.1. The summed E-state index contributed by atoms with van der Waals surface area (Å²) in [5.41, 5.74) is 2.54. The van der Waals surface area contributed by atoms with Gasteiger partial charge in [-0.2, -0.15) is 0 Å². The van der Waals surface area contributed by atoms with Crippen molar-refractivity contribution in [3.05, 3.63) is 87.4 Å². The number of nitrogens with zero attached hydrogens (tertiary/aromatic N) is 2. The molecule has 0 bridgehead atoms. The van der Waals surface area contributed by atoms with Gasteiger partial charge in [0.25, 0.3) is 0 Å². The zero-order valence-electron chi connectivity index (χ0n) is 16.7. The molecule has 0 saturated carbocycles. The molecule has 0 spiro atoms. The third-order valence-electron chi connectivity index (χ3n) is 5.52. The summed E-state index contributed by atoms with van der Waals surface area (Å²) in [5, 5.41) is 1.91. The van der Waals surface area contributed by atoms with E-state index in [4.69, 9.17) is 34.8 Å². The van der Waals surface area contributed by atoms with Crippen LogP contribution in [-0.4, -0.2) is 31.1 Å². The molecule has 1 aliphatic heterocycles. The minimum atomic E-state index is 0.270. The lowest BCUT2D eigenvalue weighted by Gasteiger charge is -2.39. The Kier molecular flexibility index (Phi) is 7.17. The summed E-state index contributed by atoms with van der Waals surface area (Å²) in [6.45, 7) is 6.33. The van der Waals surface area contributed by atoms with Gasteiger partial charge in [-0.15, -0.1) is 0 Å². The molecular weight excluding hydrogens is 455 g/mol. The van der Waals surface area contributed by atoms with E-state index in [1.54, 1.807) is 11.8 Å². The molecule has 4 rings (SSSR count). The molecule has 156 valence electrons. The Bertz CT molecular complexity index is 1000. The quantitative estimate of drug-likeness (QED) is 0.372. The highest BCUT2D eigenvalue weighted by Gasteiger charge is 2.24. The third-order valence-corrected chi connectivity index (χ3v) is 7.58. The van der Waals surface area contributed by atoms with Crippen molar-refractivity contribution in [1.82, 2.24) is 4.90 Å². The van der Waals surface area contributed by atoms with Crippen molar-refractivity contribution < 1.29 is 0 Å². The van der Waals surface area contributed by atoms with Gasteiger partial charge in [-0.05, 0) is 61.0 Å². The molecular formula is C24H23Cl3N2S. The summed E-state index contributed by atoms with van der Waals surface area (Å²) in [6, 6.07) is 22.8. The average Bonchev–Trinajstić information content (AvgIpc) is 2.78. The van der Waals surface area contributed by atoms with Crippen LogP contribution in [0, 0.1) is 0 Å². The van der Waals surface area contributed by atoms with E-state index in [1.165, 1.54) is 16.1 Å². The number of anilines is 1. The Hall–Kier alpha value is -1.36. The van der Waals surface area contributed by atoms with Gasteiger partial charge in [-0.1, -0.05) is 64.8 Å². The van der Waals surface area contributed by atoms with Crippen molar-refractivity contribution >= 4 is 52.3 Å². The Morgan fingerprint density at radius 3 is 2.23 bits per heavy atom. The third kappa shape index (κ3) is 5.09. The van der Waals surface area contributed by atoms with E-state index in [2.05, 4.69) is 59.2 Å². The standard InChI is InChI=1S/C24H23Cl3N2S/c1-17(28-11-13-29(14-12-28)19-5-3-2-4-6-19)21-15-18(25)7-10-24(21)30-20-8-9-22(26)23(27)16-20/h2-10,15-17H,11-14H2,1H3/t17-/m1/s1. The van der Waals surface area contributed by atoms with E-state index in [9.17, 15) is 0 Å². The van der Waals surface area contributed by atoms with Crippen molar-refractivity contribution in [2.75, 3.05) is 31.1 Å². The topological polar surface area (TPSA) is 6.48 Å². The molecule has 1 atom stereocenters. The van der Waals surface area contributed by atoms with Gasteiger partial charge in [0.2, 0.25) is 0 Å². The fourth-order valence-electron chi connectivity index (χ4n) is 3.81. The van der Waals surface area contributed by atoms with Crippen LogP contribution in [0.25, 0.3) is 0 Å². The molecule has 1 saturated heterocycles. The lowest BCUT2D eigenvalue weighted by Crippen LogP contribution is -2.47. The summed E-state index contributed by atoms with van der Waals surface area (Å²) < 4.78 is 0. The second-order valence-corrected chi connectivity index (χ2v) is 9.76. The van der Waals surface area contributed by atoms with Gasteiger partial charge >= 0.3 is 0 Å². The lowest BCUT2D eigenvalue weighted by molar-refractivity contribution is 0.196. The molecule has 3 aromatic carbocycles. The first-order chi connectivity index (χ1) is 14.5. The zero-order chi connectivity index (χ0) is 21.1. The number of piperazine rings is 1. The SMILES string of the molecule is C[C@H](c1cc(Cl)ccc1Sc1ccc(Cl)c(Cl)c1)N1CCN(c2ccccc2)CC1. The predicted molar refractivity (Wildman–Crippen MR) is 131 cm³/mol. The summed E-state index contributed by atoms with van der Waals surface area (Å²) in [7, 11) is 0. The van der Waals surface area contributed by atoms with Crippen molar-refractivity contribution in [3.8, 4) is 0 Å². The Morgan fingerprint density at radius 2 is 1.53 bits per heavy atom. The van der Waals surface area contributed by atoms with Crippen LogP contribution >= 0.6 is 46.6 Å². The van der Waals surface area contributed by atoms with Crippen LogP contribution in [0.3, 0.4) is 0 Å². The van der Waals surface area contributed by atoms with Gasteiger partial charge in [0.1, 0.15) is 0 Å². The summed E-state index contributed by atoms with van der Waals surface area (Å²) in [4.78, 5) is 7.24. The second-order valence-electron chi connectivity index (χ2n) is 7.39. The first kappa shape index (κ1) is 21.9. The number of halogens is 3. The molecule has 0 aliphatic carbocycles. The number of hydrogen-bond donors (Lipinski definition) is 0. The van der Waals surface area contributed by atoms with Gasteiger partial charge in [0.15, 0.2) is 0 Å². The van der Waals surface area contributed by atoms with Gasteiger partial charge in [0.05, 0.1) is 10.0 Å². The van der Waals surface area contributed by atoms with E-state index < -0.39 is 0 Å². The summed E-state index contributed by atoms with van der Waals surface area (Å²) >= 11 is 20.4. The van der Waals surface area contributed by atoms with Crippen LogP contribution in [0.4, 0.5) is 5.69 Å². The Morgan fingerprint density at radius 1 is 0.800 bits per heavy atom. The maximum atomic E-state index is 6.38. The van der Waals surface area contributed by atoms with Crippen LogP contribution in [0.5, 0.6) is 0 Å². The highest BCUT2D eigenvalue weighted by atomic mass is 35.5. The number of rotatable bonds is 5. The number of hydrogen-bond acceptors (Lipinski definition) is 3. The van der Waals surface area contributed by atoms with Crippen LogP contribution in [0.1, 0.15) is 18.5 Å². The molecule has 0 amide bonds. The van der Waals surface area contributed by atoms with Gasteiger partial charge in [-0.25, -0.2) is 0 Å². The molecule has 30 heavy (non-hydrogen) atoms. The van der Waals surface area contributed by atoms with Crippen LogP contribution in [0.15, 0.2) is 76.5 Å². The van der Waals surface area contributed by atoms with E-state index in [0.29, 0.717) is 10.0 Å². The van der Waals surface area contributed by atoms with E-state index in [-0.39, 0.29) is 6.04 Å². The maximum Gasteiger partial charge on any atom is 0.0603 e. The Balaban J connectivity index is 1.50. The maximum absolute atomic E-state index is 6.38. The first-order valence-corrected chi connectivity index (χ1v) is 11.9. The normalized spacial score (nSPS) is 15.9. The van der Waals surface area contributed by atoms with Gasteiger partial charge < -0.3 is 4.90 Å². The molecule has 2 nitrogen and oxygen atoms in total. The number of para-hydroxylation sites is 1. The molecule has 1 heterocycles. The van der Waals surface area contributed by atoms with Crippen LogP contribution < -0.4 is 4.90 Å². The van der Waals surface area contributed by atoms with Crippen LogP contribution in [0.2, 0.25) is 15.1 Å². The van der Waals surface area contributed by atoms with Crippen molar-refractivity contribution in [2.45, 2.75) is 22.8 Å². The fraction of sp³-hybridized carbons (Fsp3) is 0.250. The fourth-order valence-corrected chi connectivity index (χ4v) is 5.40. The zero-order valence-corrected chi connectivity index (χ0v) is 19.8. The highest BCUT2D eigenvalue weighted by Crippen LogP contribution is 2.39. The molecule has 0 unspecified atom stereocenters. The summed E-state index contributed by atoms with van der Waals surface area (Å²) in [6.07, 6.45) is 0. The van der Waals surface area contributed by atoms with Gasteiger partial charge in [0, 0.05) is 52.7 Å². The van der Waals surface area contributed by atoms with Crippen molar-refractivity contribution in [1.29, 1.82) is 0 Å². The molecule has 0 radical (unpaired) electrons. The Labute approximate surface area is 197 Å². The molecule has 0 N–H and O–H groups in total. The monoisotopic (exact) mass is 476 g/mol. The van der Waals surface area contributed by atoms with E-state index in [1.807, 2.05) is 24.3 Å². The van der Waals surface area contributed by atoms with Gasteiger partial charge in [-0.3, -0.25) is 4.90 Å². The second kappa shape index (κ2) is 9.84. The minimum absolute atomic E-state index is 0.270. The molecule has 0 aromatic heterocycles. The molecule has 6 heteroatoms. The summed E-state index contributed by atoms with van der Waals surface area (Å²) in [5.74, 6) is 0. The predicted octanol–water partition coefficient (Wildman–Crippen LogP) is 7.68. The smallest absolute Gasteiger partial charge is 0.0603 e. The largest absolute Gasteiger partial charge is 0.369 e. The molecule has 1 aliphatic rings. The van der Waals surface area contributed by atoms with Crippen molar-refractivity contribution in [2.24, 2.45) is 0 Å². The average molecular weight is 478 g/mol. The van der Waals surface area contributed by atoms with Crippen molar-refractivity contribution in [3.63, 3.8) is 0 Å². The molecule has 1 fully saturated rings. The molecule has 3 aromatic rings. The minimum Gasteiger partial charge on any atom is -0.369 e. The number of benzene rings is 3. The first-order valence-electron chi connectivity index (χ1n) is 9.97. The van der Waals surface area contributed by atoms with E-state index >= 15 is 0 Å².